The van der Waals surface area contributed by atoms with Gasteiger partial charge in [0.05, 0.1) is 6.04 Å². The molecule has 1 rings (SSSR count). The standard InChI is InChI=1S/C11H13F2NO/c12-11(13)10(15)9(14)7-6-8-4-2-1-3-5-8/h1-7,9-11,15H,14H2/b7-6+/t9-,10-/m1/s1. The summed E-state index contributed by atoms with van der Waals surface area (Å²) in [5.41, 5.74) is 6.21. The summed E-state index contributed by atoms with van der Waals surface area (Å²) in [7, 11) is 0. The first kappa shape index (κ1) is 11.8. The van der Waals surface area contributed by atoms with Crippen LogP contribution in [0.25, 0.3) is 6.08 Å². The molecule has 0 saturated heterocycles. The molecule has 0 aromatic heterocycles. The van der Waals surface area contributed by atoms with Gasteiger partial charge in [-0.2, -0.15) is 0 Å². The van der Waals surface area contributed by atoms with E-state index in [1.165, 1.54) is 6.08 Å². The molecule has 0 unspecified atom stereocenters. The van der Waals surface area contributed by atoms with Crippen LogP contribution in [0.5, 0.6) is 0 Å². The minimum absolute atomic E-state index is 0.856. The molecule has 0 saturated carbocycles. The van der Waals surface area contributed by atoms with Gasteiger partial charge < -0.3 is 10.8 Å². The molecular formula is C11H13F2NO. The van der Waals surface area contributed by atoms with Gasteiger partial charge in [-0.05, 0) is 5.56 Å². The monoisotopic (exact) mass is 213 g/mol. The lowest BCUT2D eigenvalue weighted by atomic mass is 10.1. The van der Waals surface area contributed by atoms with Crippen LogP contribution in [0.3, 0.4) is 0 Å². The number of aliphatic hydroxyl groups is 1. The summed E-state index contributed by atoms with van der Waals surface area (Å²) in [5, 5.41) is 8.95. The summed E-state index contributed by atoms with van der Waals surface area (Å²) in [6.07, 6.45) is -1.66. The Bertz CT molecular complexity index is 314. The van der Waals surface area contributed by atoms with Crippen LogP contribution in [0.15, 0.2) is 36.4 Å². The molecule has 4 heteroatoms. The summed E-state index contributed by atoms with van der Waals surface area (Å²) >= 11 is 0. The van der Waals surface area contributed by atoms with E-state index >= 15 is 0 Å². The molecule has 2 atom stereocenters. The summed E-state index contributed by atoms with van der Waals surface area (Å²) < 4.78 is 24.1. The SMILES string of the molecule is N[C@H](/C=C/c1ccccc1)[C@@H](O)C(F)F. The van der Waals surface area contributed by atoms with Crippen LogP contribution < -0.4 is 5.73 Å². The van der Waals surface area contributed by atoms with Crippen molar-refractivity contribution in [3.8, 4) is 0 Å². The van der Waals surface area contributed by atoms with Crippen molar-refractivity contribution >= 4 is 6.08 Å². The third-order valence-corrected chi connectivity index (χ3v) is 1.96. The Morgan fingerprint density at radius 2 is 1.80 bits per heavy atom. The number of alkyl halides is 2. The van der Waals surface area contributed by atoms with Gasteiger partial charge in [-0.3, -0.25) is 0 Å². The molecule has 15 heavy (non-hydrogen) atoms. The zero-order valence-electron chi connectivity index (χ0n) is 8.05. The second-order valence-corrected chi connectivity index (χ2v) is 3.17. The molecule has 82 valence electrons. The van der Waals surface area contributed by atoms with E-state index in [4.69, 9.17) is 10.8 Å². The summed E-state index contributed by atoms with van der Waals surface area (Å²) in [6, 6.07) is 8.09. The molecule has 0 spiro atoms. The molecule has 0 heterocycles. The van der Waals surface area contributed by atoms with E-state index in [-0.39, 0.29) is 0 Å². The van der Waals surface area contributed by atoms with E-state index in [1.54, 1.807) is 6.08 Å². The highest BCUT2D eigenvalue weighted by Gasteiger charge is 2.22. The lowest BCUT2D eigenvalue weighted by molar-refractivity contribution is -0.0105. The highest BCUT2D eigenvalue weighted by atomic mass is 19.3. The zero-order valence-corrected chi connectivity index (χ0v) is 8.05. The first-order valence-electron chi connectivity index (χ1n) is 4.56. The fraction of sp³-hybridized carbons (Fsp3) is 0.273. The minimum atomic E-state index is -2.82. The Morgan fingerprint density at radius 3 is 2.33 bits per heavy atom. The van der Waals surface area contributed by atoms with Gasteiger partial charge in [-0.15, -0.1) is 0 Å². The third-order valence-electron chi connectivity index (χ3n) is 1.96. The Kier molecular flexibility index (Phi) is 4.39. The van der Waals surface area contributed by atoms with Gasteiger partial charge in [0, 0.05) is 0 Å². The number of aliphatic hydroxyl groups excluding tert-OH is 1. The summed E-state index contributed by atoms with van der Waals surface area (Å²) in [6.45, 7) is 0. The van der Waals surface area contributed by atoms with Crippen molar-refractivity contribution in [1.82, 2.24) is 0 Å². The lowest BCUT2D eigenvalue weighted by Gasteiger charge is -2.13. The van der Waals surface area contributed by atoms with Crippen LogP contribution in [0.4, 0.5) is 8.78 Å². The first-order valence-corrected chi connectivity index (χ1v) is 4.56. The fourth-order valence-electron chi connectivity index (χ4n) is 1.07. The van der Waals surface area contributed by atoms with Gasteiger partial charge in [-0.25, -0.2) is 8.78 Å². The number of rotatable bonds is 4. The Labute approximate surface area is 87.0 Å². The van der Waals surface area contributed by atoms with Crippen molar-refractivity contribution in [1.29, 1.82) is 0 Å². The number of halogens is 2. The van der Waals surface area contributed by atoms with Gasteiger partial charge in [0.15, 0.2) is 0 Å². The number of nitrogens with two attached hydrogens (primary N) is 1. The lowest BCUT2D eigenvalue weighted by Crippen LogP contribution is -2.37. The second-order valence-electron chi connectivity index (χ2n) is 3.17. The van der Waals surface area contributed by atoms with Crippen molar-refractivity contribution in [3.63, 3.8) is 0 Å². The molecule has 1 aromatic rings. The highest BCUT2D eigenvalue weighted by Crippen LogP contribution is 2.07. The average Bonchev–Trinajstić information content (AvgIpc) is 2.26. The predicted molar refractivity (Wildman–Crippen MR) is 55.5 cm³/mol. The van der Waals surface area contributed by atoms with Crippen molar-refractivity contribution in [2.75, 3.05) is 0 Å². The number of hydrogen-bond acceptors (Lipinski definition) is 2. The molecule has 1 aromatic carbocycles. The van der Waals surface area contributed by atoms with Gasteiger partial charge in [0.25, 0.3) is 6.43 Å². The van der Waals surface area contributed by atoms with E-state index in [0.29, 0.717) is 0 Å². The summed E-state index contributed by atoms with van der Waals surface area (Å²) in [5.74, 6) is 0. The highest BCUT2D eigenvalue weighted by molar-refractivity contribution is 5.49. The fourth-order valence-corrected chi connectivity index (χ4v) is 1.07. The van der Waals surface area contributed by atoms with Crippen LogP contribution in [0, 0.1) is 0 Å². The predicted octanol–water partition coefficient (Wildman–Crippen LogP) is 1.65. The van der Waals surface area contributed by atoms with E-state index < -0.39 is 18.6 Å². The second kappa shape index (κ2) is 5.58. The minimum Gasteiger partial charge on any atom is -0.385 e. The quantitative estimate of drug-likeness (QED) is 0.798. The largest absolute Gasteiger partial charge is 0.385 e. The Balaban J connectivity index is 2.58. The molecule has 3 N–H and O–H groups in total. The van der Waals surface area contributed by atoms with E-state index in [1.807, 2.05) is 30.3 Å². The molecular weight excluding hydrogens is 200 g/mol. The Morgan fingerprint density at radius 1 is 1.20 bits per heavy atom. The van der Waals surface area contributed by atoms with Crippen molar-refractivity contribution in [2.24, 2.45) is 5.73 Å². The van der Waals surface area contributed by atoms with Crippen LogP contribution in [-0.4, -0.2) is 23.7 Å². The van der Waals surface area contributed by atoms with Crippen LogP contribution in [-0.2, 0) is 0 Å². The van der Waals surface area contributed by atoms with Crippen molar-refractivity contribution in [3.05, 3.63) is 42.0 Å². The van der Waals surface area contributed by atoms with Crippen LogP contribution in [0.2, 0.25) is 0 Å². The molecule has 0 aliphatic heterocycles. The molecule has 0 fully saturated rings. The van der Waals surface area contributed by atoms with E-state index in [2.05, 4.69) is 0 Å². The van der Waals surface area contributed by atoms with Crippen LogP contribution in [0.1, 0.15) is 5.56 Å². The van der Waals surface area contributed by atoms with Gasteiger partial charge >= 0.3 is 0 Å². The summed E-state index contributed by atoms with van der Waals surface area (Å²) in [4.78, 5) is 0. The molecule has 0 amide bonds. The normalized spacial score (nSPS) is 15.8. The molecule has 0 radical (unpaired) electrons. The van der Waals surface area contributed by atoms with E-state index in [9.17, 15) is 8.78 Å². The number of hydrogen-bond donors (Lipinski definition) is 2. The molecule has 0 aliphatic carbocycles. The maximum absolute atomic E-state index is 12.0. The topological polar surface area (TPSA) is 46.2 Å². The van der Waals surface area contributed by atoms with E-state index in [0.717, 1.165) is 5.56 Å². The molecule has 0 aliphatic rings. The first-order chi connectivity index (χ1) is 7.11. The van der Waals surface area contributed by atoms with Crippen molar-refractivity contribution < 1.29 is 13.9 Å². The maximum atomic E-state index is 12.0. The van der Waals surface area contributed by atoms with Gasteiger partial charge in [0.2, 0.25) is 0 Å². The average molecular weight is 213 g/mol. The van der Waals surface area contributed by atoms with Crippen LogP contribution >= 0.6 is 0 Å². The number of benzene rings is 1. The zero-order chi connectivity index (χ0) is 11.3. The third kappa shape index (κ3) is 3.77. The Hall–Kier alpha value is -1.26. The molecule has 2 nitrogen and oxygen atoms in total. The maximum Gasteiger partial charge on any atom is 0.265 e. The van der Waals surface area contributed by atoms with Gasteiger partial charge in [0.1, 0.15) is 6.10 Å². The smallest absolute Gasteiger partial charge is 0.265 e. The van der Waals surface area contributed by atoms with Gasteiger partial charge in [-0.1, -0.05) is 42.5 Å². The molecule has 0 bridgehead atoms. The van der Waals surface area contributed by atoms with Crippen molar-refractivity contribution in [2.45, 2.75) is 18.6 Å².